The zero-order valence-corrected chi connectivity index (χ0v) is 11.1. The van der Waals surface area contributed by atoms with E-state index >= 15 is 0 Å². The highest BCUT2D eigenvalue weighted by Gasteiger charge is 2.24. The van der Waals surface area contributed by atoms with Gasteiger partial charge in [-0.05, 0) is 20.9 Å². The van der Waals surface area contributed by atoms with E-state index in [9.17, 15) is 14.7 Å². The van der Waals surface area contributed by atoms with Gasteiger partial charge in [0.05, 0.1) is 12.7 Å². The number of carbonyl (C=O) groups is 2. The Morgan fingerprint density at radius 3 is 2.35 bits per heavy atom. The molecule has 1 atom stereocenters. The van der Waals surface area contributed by atoms with Crippen LogP contribution in [0.4, 0.5) is 0 Å². The Hall–Kier alpha value is -1.14. The number of likely N-dealkylation sites (N-methyl/N-ethyl adjacent to an activating group) is 1. The minimum Gasteiger partial charge on any atom is -0.467 e. The molecule has 0 aromatic rings. The number of rotatable bonds is 6. The molecule has 0 heterocycles. The number of ether oxygens (including phenoxy) is 1. The van der Waals surface area contributed by atoms with Crippen LogP contribution in [0.15, 0.2) is 0 Å². The highest BCUT2D eigenvalue weighted by molar-refractivity contribution is 5.83. The molecule has 0 saturated heterocycles. The van der Waals surface area contributed by atoms with Crippen molar-refractivity contribution in [2.45, 2.75) is 32.4 Å². The first-order valence-electron chi connectivity index (χ1n) is 5.41. The topological polar surface area (TPSA) is 78.9 Å². The highest BCUT2D eigenvalue weighted by Crippen LogP contribution is 2.04. The zero-order valence-electron chi connectivity index (χ0n) is 11.1. The molecule has 0 saturated carbocycles. The second-order valence-corrected chi connectivity index (χ2v) is 4.79. The smallest absolute Gasteiger partial charge is 0.329 e. The second-order valence-electron chi connectivity index (χ2n) is 4.79. The molecular formula is C11H22N2O4. The average Bonchev–Trinajstić information content (AvgIpc) is 2.11. The number of hydrogen-bond acceptors (Lipinski definition) is 5. The number of aliphatic hydroxyl groups is 1. The van der Waals surface area contributed by atoms with Crippen molar-refractivity contribution in [3.05, 3.63) is 0 Å². The Morgan fingerprint density at radius 2 is 2.00 bits per heavy atom. The van der Waals surface area contributed by atoms with E-state index in [0.717, 1.165) is 0 Å². The summed E-state index contributed by atoms with van der Waals surface area (Å²) in [6.45, 7) is 5.37. The number of nitrogens with one attached hydrogen (secondary N) is 1. The van der Waals surface area contributed by atoms with Crippen LogP contribution in [0.5, 0.6) is 0 Å². The summed E-state index contributed by atoms with van der Waals surface area (Å²) < 4.78 is 4.60. The maximum absolute atomic E-state index is 11.4. The molecule has 1 unspecified atom stereocenters. The molecule has 0 aromatic carbocycles. The third kappa shape index (κ3) is 7.70. The fraction of sp³-hybridized carbons (Fsp3) is 0.818. The molecule has 6 heteroatoms. The molecule has 6 nitrogen and oxygen atoms in total. The molecule has 1 amide bonds. The van der Waals surface area contributed by atoms with Crippen LogP contribution in [0.1, 0.15) is 20.8 Å². The van der Waals surface area contributed by atoms with E-state index < -0.39 is 17.6 Å². The zero-order chi connectivity index (χ0) is 13.6. The molecule has 100 valence electrons. The normalized spacial score (nSPS) is 13.4. The first-order chi connectivity index (χ1) is 7.65. The lowest BCUT2D eigenvalue weighted by Crippen LogP contribution is -2.49. The lowest BCUT2D eigenvalue weighted by molar-refractivity contribution is -0.145. The van der Waals surface area contributed by atoms with Crippen LogP contribution in [-0.4, -0.2) is 60.8 Å². The van der Waals surface area contributed by atoms with Gasteiger partial charge in [-0.3, -0.25) is 4.79 Å². The Kier molecular flexibility index (Phi) is 6.12. The van der Waals surface area contributed by atoms with Gasteiger partial charge in [-0.1, -0.05) is 0 Å². The highest BCUT2D eigenvalue weighted by atomic mass is 16.5. The first-order valence-corrected chi connectivity index (χ1v) is 5.41. The Morgan fingerprint density at radius 1 is 1.47 bits per heavy atom. The number of nitrogens with zero attached hydrogens (tertiary/aromatic N) is 1. The molecule has 0 aromatic heterocycles. The van der Waals surface area contributed by atoms with E-state index in [1.54, 1.807) is 25.8 Å². The summed E-state index contributed by atoms with van der Waals surface area (Å²) in [5.74, 6) is -0.792. The summed E-state index contributed by atoms with van der Waals surface area (Å²) in [6, 6.07) is -0.718. The van der Waals surface area contributed by atoms with Crippen molar-refractivity contribution < 1.29 is 19.4 Å². The van der Waals surface area contributed by atoms with E-state index in [1.165, 1.54) is 14.0 Å². The predicted molar refractivity (Wildman–Crippen MR) is 63.4 cm³/mol. The van der Waals surface area contributed by atoms with E-state index in [0.29, 0.717) is 6.54 Å². The fourth-order valence-electron chi connectivity index (χ4n) is 1.60. The molecular weight excluding hydrogens is 224 g/mol. The van der Waals surface area contributed by atoms with Crippen LogP contribution >= 0.6 is 0 Å². The van der Waals surface area contributed by atoms with Crippen LogP contribution in [0, 0.1) is 0 Å². The van der Waals surface area contributed by atoms with Crippen LogP contribution in [0.2, 0.25) is 0 Å². The molecule has 2 N–H and O–H groups in total. The van der Waals surface area contributed by atoms with Gasteiger partial charge < -0.3 is 20.1 Å². The predicted octanol–water partition coefficient (Wildman–Crippen LogP) is -0.633. The minimum absolute atomic E-state index is 0.288. The molecule has 0 fully saturated rings. The van der Waals surface area contributed by atoms with Crippen molar-refractivity contribution in [2.24, 2.45) is 0 Å². The van der Waals surface area contributed by atoms with Crippen molar-refractivity contribution in [3.63, 3.8) is 0 Å². The summed E-state index contributed by atoms with van der Waals surface area (Å²) in [4.78, 5) is 24.1. The molecule has 0 rings (SSSR count). The summed E-state index contributed by atoms with van der Waals surface area (Å²) in [5, 5.41) is 12.1. The van der Waals surface area contributed by atoms with Crippen molar-refractivity contribution in [1.29, 1.82) is 0 Å². The quantitative estimate of drug-likeness (QED) is 0.610. The van der Waals surface area contributed by atoms with E-state index in [2.05, 4.69) is 10.1 Å². The Balaban J connectivity index is 4.42. The van der Waals surface area contributed by atoms with Gasteiger partial charge >= 0.3 is 5.97 Å². The summed E-state index contributed by atoms with van der Waals surface area (Å²) in [6.07, 6.45) is 0. The SMILES string of the molecule is COC(=O)C(CN(C)CC(C)(C)O)NC(C)=O. The Bertz CT molecular complexity index is 273. The van der Waals surface area contributed by atoms with Crippen LogP contribution < -0.4 is 5.32 Å². The maximum atomic E-state index is 11.4. The van der Waals surface area contributed by atoms with E-state index in [-0.39, 0.29) is 12.5 Å². The van der Waals surface area contributed by atoms with Gasteiger partial charge in [-0.15, -0.1) is 0 Å². The number of methoxy groups -OCH3 is 1. The van der Waals surface area contributed by atoms with Gasteiger partial charge in [-0.2, -0.15) is 0 Å². The van der Waals surface area contributed by atoms with Gasteiger partial charge in [0.2, 0.25) is 5.91 Å². The number of hydrogen-bond donors (Lipinski definition) is 2. The van der Waals surface area contributed by atoms with Crippen molar-refractivity contribution in [3.8, 4) is 0 Å². The lowest BCUT2D eigenvalue weighted by atomic mass is 10.1. The standard InChI is InChI=1S/C11H22N2O4/c1-8(14)12-9(10(15)17-5)6-13(4)7-11(2,3)16/h9,16H,6-7H2,1-5H3,(H,12,14). The molecule has 0 spiro atoms. The maximum Gasteiger partial charge on any atom is 0.329 e. The number of carbonyl (C=O) groups excluding carboxylic acids is 2. The van der Waals surface area contributed by atoms with Crippen molar-refractivity contribution in [2.75, 3.05) is 27.2 Å². The van der Waals surface area contributed by atoms with E-state index in [4.69, 9.17) is 0 Å². The Labute approximate surface area is 102 Å². The van der Waals surface area contributed by atoms with Gasteiger partial charge in [0.25, 0.3) is 0 Å². The minimum atomic E-state index is -0.856. The van der Waals surface area contributed by atoms with Gasteiger partial charge in [0.15, 0.2) is 0 Å². The van der Waals surface area contributed by atoms with Gasteiger partial charge in [0.1, 0.15) is 6.04 Å². The molecule has 17 heavy (non-hydrogen) atoms. The van der Waals surface area contributed by atoms with Gasteiger partial charge in [0, 0.05) is 20.0 Å². The summed E-state index contributed by atoms with van der Waals surface area (Å²) >= 11 is 0. The third-order valence-electron chi connectivity index (χ3n) is 2.01. The van der Waals surface area contributed by atoms with Crippen LogP contribution in [0.25, 0.3) is 0 Å². The second kappa shape index (κ2) is 6.56. The number of esters is 1. The molecule has 0 aliphatic heterocycles. The molecule has 0 aliphatic rings. The fourth-order valence-corrected chi connectivity index (χ4v) is 1.60. The lowest BCUT2D eigenvalue weighted by Gasteiger charge is -2.28. The van der Waals surface area contributed by atoms with Crippen LogP contribution in [0.3, 0.4) is 0 Å². The largest absolute Gasteiger partial charge is 0.467 e. The summed E-state index contributed by atoms with van der Waals surface area (Å²) in [5.41, 5.74) is -0.856. The van der Waals surface area contributed by atoms with Gasteiger partial charge in [-0.25, -0.2) is 4.79 Å². The number of amides is 1. The monoisotopic (exact) mass is 246 g/mol. The summed E-state index contributed by atoms with van der Waals surface area (Å²) in [7, 11) is 3.03. The van der Waals surface area contributed by atoms with Crippen molar-refractivity contribution >= 4 is 11.9 Å². The average molecular weight is 246 g/mol. The molecule has 0 bridgehead atoms. The first kappa shape index (κ1) is 15.9. The molecule has 0 aliphatic carbocycles. The van der Waals surface area contributed by atoms with E-state index in [1.807, 2.05) is 0 Å². The third-order valence-corrected chi connectivity index (χ3v) is 2.01. The van der Waals surface area contributed by atoms with Crippen molar-refractivity contribution in [1.82, 2.24) is 10.2 Å². The molecule has 0 radical (unpaired) electrons. The van der Waals surface area contributed by atoms with Crippen LogP contribution in [-0.2, 0) is 14.3 Å².